The second-order valence-corrected chi connectivity index (χ2v) is 8.08. The monoisotopic (exact) mass is 412 g/mol. The molecule has 5 rings (SSSR count). The van der Waals surface area contributed by atoms with Gasteiger partial charge in [-0.25, -0.2) is 4.79 Å². The van der Waals surface area contributed by atoms with Gasteiger partial charge >= 0.3 is 6.03 Å². The summed E-state index contributed by atoms with van der Waals surface area (Å²) < 4.78 is 7.31. The van der Waals surface area contributed by atoms with Gasteiger partial charge in [-0.15, -0.1) is 0 Å². The van der Waals surface area contributed by atoms with E-state index >= 15 is 0 Å². The van der Waals surface area contributed by atoms with Gasteiger partial charge in [0.1, 0.15) is 11.4 Å². The van der Waals surface area contributed by atoms with Crippen molar-refractivity contribution < 1.29 is 14.3 Å². The van der Waals surface area contributed by atoms with Crippen LogP contribution in [0.1, 0.15) is 29.5 Å². The van der Waals surface area contributed by atoms with Crippen LogP contribution in [-0.2, 0) is 23.2 Å². The Labute approximate surface area is 159 Å². The number of nitrogens with one attached hydrogen (secondary N) is 2. The Balaban J connectivity index is 1.68. The Morgan fingerprint density at radius 3 is 2.31 bits per heavy atom. The van der Waals surface area contributed by atoms with Gasteiger partial charge in [-0.2, -0.15) is 0 Å². The lowest BCUT2D eigenvalue weighted by Crippen LogP contribution is -2.61. The molecule has 3 amide bonds. The van der Waals surface area contributed by atoms with Crippen molar-refractivity contribution in [3.8, 4) is 5.75 Å². The van der Waals surface area contributed by atoms with E-state index < -0.39 is 17.2 Å². The third-order valence-electron chi connectivity index (χ3n) is 5.92. The minimum Gasteiger partial charge on any atom is -0.483 e. The number of benzene rings is 2. The van der Waals surface area contributed by atoms with Crippen molar-refractivity contribution in [3.63, 3.8) is 0 Å². The van der Waals surface area contributed by atoms with Gasteiger partial charge in [-0.05, 0) is 55.0 Å². The summed E-state index contributed by atoms with van der Waals surface area (Å²) in [7, 11) is 0. The number of ether oxygens (including phenoxy) is 1. The van der Waals surface area contributed by atoms with Crippen molar-refractivity contribution in [2.45, 2.75) is 36.8 Å². The Morgan fingerprint density at radius 1 is 1.00 bits per heavy atom. The third-order valence-corrected chi connectivity index (χ3v) is 6.41. The number of hydrogen-bond acceptors (Lipinski definition) is 3. The van der Waals surface area contributed by atoms with Gasteiger partial charge in [0.25, 0.3) is 5.91 Å². The number of amides is 3. The van der Waals surface area contributed by atoms with E-state index in [1.807, 2.05) is 30.3 Å². The fourth-order valence-electron chi connectivity index (χ4n) is 4.70. The quantitative estimate of drug-likeness (QED) is 0.652. The summed E-state index contributed by atoms with van der Waals surface area (Å²) in [5.74, 6) is 0.335. The molecule has 1 unspecified atom stereocenters. The van der Waals surface area contributed by atoms with Crippen LogP contribution in [0.2, 0.25) is 0 Å². The number of hydrogen-bond donors (Lipinski definition) is 2. The molecule has 2 aromatic carbocycles. The molecular formula is C20H17BrN2O3. The number of carbonyl (C=O) groups excluding carboxylic acids is 2. The second kappa shape index (κ2) is 5.33. The van der Waals surface area contributed by atoms with Crippen LogP contribution in [0.5, 0.6) is 5.75 Å². The van der Waals surface area contributed by atoms with Crippen LogP contribution in [-0.4, -0.2) is 17.5 Å². The highest BCUT2D eigenvalue weighted by molar-refractivity contribution is 9.10. The molecule has 26 heavy (non-hydrogen) atoms. The van der Waals surface area contributed by atoms with Gasteiger partial charge in [-0.1, -0.05) is 40.2 Å². The maximum Gasteiger partial charge on any atom is 0.322 e. The average molecular weight is 413 g/mol. The lowest BCUT2D eigenvalue weighted by atomic mass is 9.72. The zero-order valence-electron chi connectivity index (χ0n) is 14.0. The Morgan fingerprint density at radius 2 is 1.69 bits per heavy atom. The number of rotatable bonds is 0. The van der Waals surface area contributed by atoms with Gasteiger partial charge in [0.2, 0.25) is 0 Å². The second-order valence-electron chi connectivity index (χ2n) is 7.16. The van der Waals surface area contributed by atoms with Gasteiger partial charge in [0, 0.05) is 10.0 Å². The first kappa shape index (κ1) is 15.9. The van der Waals surface area contributed by atoms with Crippen molar-refractivity contribution in [3.05, 3.63) is 63.6 Å². The van der Waals surface area contributed by atoms with E-state index in [0.29, 0.717) is 18.6 Å². The van der Waals surface area contributed by atoms with Crippen LogP contribution >= 0.6 is 15.9 Å². The van der Waals surface area contributed by atoms with Crippen molar-refractivity contribution in [2.75, 3.05) is 0 Å². The predicted octanol–water partition coefficient (Wildman–Crippen LogP) is 3.19. The average Bonchev–Trinajstić information content (AvgIpc) is 2.98. The van der Waals surface area contributed by atoms with Crippen LogP contribution in [0.15, 0.2) is 46.9 Å². The molecule has 0 aromatic heterocycles. The number of aryl methyl sites for hydroxylation is 2. The molecule has 1 aliphatic carbocycles. The molecule has 3 aliphatic rings. The molecule has 0 radical (unpaired) electrons. The Hall–Kier alpha value is -2.34. The summed E-state index contributed by atoms with van der Waals surface area (Å²) >= 11 is 3.48. The maximum atomic E-state index is 13.1. The van der Waals surface area contributed by atoms with Crippen LogP contribution in [0.25, 0.3) is 0 Å². The fourth-order valence-corrected chi connectivity index (χ4v) is 5.06. The van der Waals surface area contributed by atoms with Gasteiger partial charge in [0.15, 0.2) is 5.54 Å². The zero-order valence-corrected chi connectivity index (χ0v) is 15.6. The van der Waals surface area contributed by atoms with E-state index in [-0.39, 0.29) is 5.91 Å². The van der Waals surface area contributed by atoms with E-state index in [1.54, 1.807) is 0 Å². The van der Waals surface area contributed by atoms with E-state index in [1.165, 1.54) is 11.1 Å². The van der Waals surface area contributed by atoms with E-state index in [0.717, 1.165) is 22.9 Å². The molecule has 6 heteroatoms. The topological polar surface area (TPSA) is 67.4 Å². The molecule has 0 bridgehead atoms. The van der Waals surface area contributed by atoms with E-state index in [2.05, 4.69) is 38.7 Å². The van der Waals surface area contributed by atoms with Crippen LogP contribution in [0, 0.1) is 0 Å². The number of urea groups is 1. The SMILES string of the molecule is O=C1NC(=O)C2(N1)c1cc(Br)ccc1OC21CCc2ccccc2CC1. The van der Waals surface area contributed by atoms with Gasteiger partial charge in [-0.3, -0.25) is 10.1 Å². The van der Waals surface area contributed by atoms with Crippen LogP contribution < -0.4 is 15.4 Å². The normalized spacial score (nSPS) is 25.3. The van der Waals surface area contributed by atoms with Crippen molar-refractivity contribution in [1.82, 2.24) is 10.6 Å². The largest absolute Gasteiger partial charge is 0.483 e. The summed E-state index contributed by atoms with van der Waals surface area (Å²) in [6.45, 7) is 0. The van der Waals surface area contributed by atoms with Gasteiger partial charge < -0.3 is 10.1 Å². The number of fused-ring (bicyclic) bond motifs is 4. The first-order chi connectivity index (χ1) is 12.5. The third kappa shape index (κ3) is 1.96. The maximum absolute atomic E-state index is 13.1. The summed E-state index contributed by atoms with van der Waals surface area (Å²) in [6, 6.07) is 13.5. The molecule has 2 aliphatic heterocycles. The highest BCUT2D eigenvalue weighted by Gasteiger charge is 2.68. The minimum absolute atomic E-state index is 0.328. The smallest absolute Gasteiger partial charge is 0.322 e. The van der Waals surface area contributed by atoms with Crippen molar-refractivity contribution in [1.29, 1.82) is 0 Å². The summed E-state index contributed by atoms with van der Waals surface area (Å²) in [6.07, 6.45) is 2.92. The lowest BCUT2D eigenvalue weighted by molar-refractivity contribution is -0.132. The molecule has 1 atom stereocenters. The summed E-state index contributed by atoms with van der Waals surface area (Å²) in [4.78, 5) is 25.2. The zero-order chi connectivity index (χ0) is 17.9. The molecule has 5 nitrogen and oxygen atoms in total. The predicted molar refractivity (Wildman–Crippen MR) is 98.9 cm³/mol. The molecule has 1 saturated heterocycles. The number of imide groups is 1. The molecule has 2 aromatic rings. The Kier molecular flexibility index (Phi) is 3.26. The van der Waals surface area contributed by atoms with Crippen LogP contribution in [0.3, 0.4) is 0 Å². The fraction of sp³-hybridized carbons (Fsp3) is 0.300. The molecule has 0 saturated carbocycles. The molecule has 2 N–H and O–H groups in total. The standard InChI is InChI=1S/C20H17BrN2O3/c21-14-5-6-16-15(11-14)20(17(24)22-18(25)23-20)19(26-16)9-7-12-3-1-2-4-13(12)8-10-19/h1-6,11H,7-10H2,(H2,22,23,24,25). The number of carbonyl (C=O) groups is 2. The van der Waals surface area contributed by atoms with E-state index in [9.17, 15) is 9.59 Å². The molecule has 2 spiro atoms. The first-order valence-electron chi connectivity index (χ1n) is 8.74. The van der Waals surface area contributed by atoms with Gasteiger partial charge in [0.05, 0.1) is 0 Å². The Bertz CT molecular complexity index is 931. The minimum atomic E-state index is -1.19. The first-order valence-corrected chi connectivity index (χ1v) is 9.53. The van der Waals surface area contributed by atoms with Crippen molar-refractivity contribution in [2.24, 2.45) is 0 Å². The van der Waals surface area contributed by atoms with Crippen LogP contribution in [0.4, 0.5) is 4.79 Å². The highest BCUT2D eigenvalue weighted by atomic mass is 79.9. The molecule has 132 valence electrons. The summed E-state index contributed by atoms with van der Waals surface area (Å²) in [5, 5.41) is 5.37. The molecule has 1 fully saturated rings. The molecule has 2 heterocycles. The lowest BCUT2D eigenvalue weighted by Gasteiger charge is -2.39. The number of halogens is 1. The molecular weight excluding hydrogens is 396 g/mol. The highest BCUT2D eigenvalue weighted by Crippen LogP contribution is 2.54. The summed E-state index contributed by atoms with van der Waals surface area (Å²) in [5.41, 5.74) is 1.30. The van der Waals surface area contributed by atoms with E-state index in [4.69, 9.17) is 4.74 Å². The van der Waals surface area contributed by atoms with Crippen molar-refractivity contribution >= 4 is 27.9 Å².